The van der Waals surface area contributed by atoms with Crippen LogP contribution in [0.3, 0.4) is 0 Å². The number of nitrogens with zero attached hydrogens (tertiary/aromatic N) is 6. The Bertz CT molecular complexity index is 1100. The van der Waals surface area contributed by atoms with Gasteiger partial charge in [0.15, 0.2) is 18.0 Å². The zero-order valence-electron chi connectivity index (χ0n) is 22.9. The summed E-state index contributed by atoms with van der Waals surface area (Å²) in [6.45, 7) is 10.1. The maximum Gasteiger partial charge on any atom is 0.272 e. The predicted octanol–water partition coefficient (Wildman–Crippen LogP) is 2.72. The number of thiazole rings is 1. The van der Waals surface area contributed by atoms with E-state index >= 15 is 0 Å². The van der Waals surface area contributed by atoms with Crippen molar-refractivity contribution in [3.05, 3.63) is 22.2 Å². The average molecular weight is 543 g/mol. The quantitative estimate of drug-likeness (QED) is 0.487. The van der Waals surface area contributed by atoms with Gasteiger partial charge in [0, 0.05) is 17.5 Å². The Balaban J connectivity index is 1.67. The molecule has 0 bridgehead atoms. The molecule has 0 aromatic carbocycles. The molecular formula is C27H38N6O4S. The van der Waals surface area contributed by atoms with E-state index in [1.807, 2.05) is 38.7 Å². The van der Waals surface area contributed by atoms with Gasteiger partial charge >= 0.3 is 0 Å². The van der Waals surface area contributed by atoms with Gasteiger partial charge in [-0.15, -0.1) is 11.3 Å². The fourth-order valence-corrected chi connectivity index (χ4v) is 6.11. The van der Waals surface area contributed by atoms with E-state index in [4.69, 9.17) is 10.1 Å². The number of piperidine rings is 1. The Hall–Kier alpha value is -2.81. The van der Waals surface area contributed by atoms with Crippen LogP contribution in [0.5, 0.6) is 0 Å². The number of rotatable bonds is 7. The van der Waals surface area contributed by atoms with E-state index in [-0.39, 0.29) is 36.2 Å². The molecular weight excluding hydrogens is 504 g/mol. The van der Waals surface area contributed by atoms with Crippen molar-refractivity contribution < 1.29 is 19.2 Å². The normalized spacial score (nSPS) is 25.5. The first-order valence-electron chi connectivity index (χ1n) is 13.4. The van der Waals surface area contributed by atoms with Crippen molar-refractivity contribution in [2.24, 2.45) is 11.8 Å². The van der Waals surface area contributed by atoms with Crippen LogP contribution in [0.4, 0.5) is 0 Å². The molecule has 206 valence electrons. The minimum Gasteiger partial charge on any atom is -0.334 e. The number of hydrogen-bond donors (Lipinski definition) is 0. The topological polar surface area (TPSA) is 110 Å². The highest BCUT2D eigenvalue weighted by molar-refractivity contribution is 7.10. The summed E-state index contributed by atoms with van der Waals surface area (Å²) in [5.74, 6) is -0.330. The lowest BCUT2D eigenvalue weighted by Gasteiger charge is -2.55. The smallest absolute Gasteiger partial charge is 0.272 e. The second-order valence-electron chi connectivity index (χ2n) is 11.3. The third-order valence-electron chi connectivity index (χ3n) is 7.36. The Morgan fingerprint density at radius 2 is 1.87 bits per heavy atom. The Kier molecular flexibility index (Phi) is 8.85. The molecule has 4 heterocycles. The number of aromatic nitrogens is 1. The van der Waals surface area contributed by atoms with E-state index in [0.29, 0.717) is 23.5 Å². The van der Waals surface area contributed by atoms with Crippen LogP contribution in [0, 0.1) is 23.2 Å². The van der Waals surface area contributed by atoms with Crippen LogP contribution >= 0.6 is 11.3 Å². The minimum atomic E-state index is -0.842. The van der Waals surface area contributed by atoms with E-state index in [2.05, 4.69) is 16.9 Å². The Morgan fingerprint density at radius 3 is 2.47 bits per heavy atom. The summed E-state index contributed by atoms with van der Waals surface area (Å²) in [6.07, 6.45) is 4.04. The molecule has 0 unspecified atom stereocenters. The monoisotopic (exact) mass is 542 g/mol. The number of likely N-dealkylation sites (tertiary alicyclic amines) is 1. The van der Waals surface area contributed by atoms with Crippen molar-refractivity contribution in [1.29, 1.82) is 5.26 Å². The van der Waals surface area contributed by atoms with Crippen LogP contribution in [0.2, 0.25) is 0 Å². The number of carbonyl (C=O) groups excluding carboxylic acids is 3. The van der Waals surface area contributed by atoms with E-state index in [0.717, 1.165) is 25.9 Å². The summed E-state index contributed by atoms with van der Waals surface area (Å²) < 4.78 is 0. The molecule has 3 atom stereocenters. The lowest BCUT2D eigenvalue weighted by atomic mass is 9.93. The molecule has 0 spiro atoms. The molecule has 0 saturated carbocycles. The van der Waals surface area contributed by atoms with Crippen molar-refractivity contribution in [2.75, 3.05) is 26.7 Å². The summed E-state index contributed by atoms with van der Waals surface area (Å²) in [5, 5.41) is 12.5. The molecule has 3 aliphatic heterocycles. The van der Waals surface area contributed by atoms with Crippen LogP contribution < -0.4 is 0 Å². The molecule has 0 N–H and O–H groups in total. The SMILES string of the molecule is CC(C)C[C@H]1ON(C(=O)/C=C/c2nc(C#N)cs2)[C@H]2CN(C3CCN(C)CC3)C(=O)[C@H](CC(C)C)N2C1=O. The van der Waals surface area contributed by atoms with Crippen molar-refractivity contribution in [3.63, 3.8) is 0 Å². The van der Waals surface area contributed by atoms with E-state index in [1.54, 1.807) is 16.4 Å². The first-order valence-corrected chi connectivity index (χ1v) is 14.3. The number of piperazine rings is 1. The van der Waals surface area contributed by atoms with E-state index < -0.39 is 24.2 Å². The third-order valence-corrected chi connectivity index (χ3v) is 8.17. The lowest BCUT2D eigenvalue weighted by Crippen LogP contribution is -2.74. The van der Waals surface area contributed by atoms with E-state index in [1.165, 1.54) is 22.5 Å². The molecule has 3 aliphatic rings. The van der Waals surface area contributed by atoms with Crippen LogP contribution in [0.15, 0.2) is 11.5 Å². The van der Waals surface area contributed by atoms with Crippen molar-refractivity contribution in [3.8, 4) is 6.07 Å². The molecule has 1 aromatic heterocycles. The first-order chi connectivity index (χ1) is 18.1. The maximum absolute atomic E-state index is 13.9. The number of nitriles is 1. The Labute approximate surface area is 228 Å². The van der Waals surface area contributed by atoms with Crippen molar-refractivity contribution >= 4 is 35.1 Å². The summed E-state index contributed by atoms with van der Waals surface area (Å²) in [6, 6.07) is 1.41. The average Bonchev–Trinajstić information content (AvgIpc) is 3.34. The van der Waals surface area contributed by atoms with Crippen molar-refractivity contribution in [1.82, 2.24) is 24.7 Å². The fraction of sp³-hybridized carbons (Fsp3) is 0.667. The second kappa shape index (κ2) is 11.9. The van der Waals surface area contributed by atoms with Gasteiger partial charge in [0.25, 0.3) is 11.8 Å². The molecule has 4 rings (SSSR count). The second-order valence-corrected chi connectivity index (χ2v) is 12.2. The lowest BCUT2D eigenvalue weighted by molar-refractivity contribution is -0.275. The van der Waals surface area contributed by atoms with Gasteiger partial charge in [-0.1, -0.05) is 27.7 Å². The summed E-state index contributed by atoms with van der Waals surface area (Å²) in [4.78, 5) is 57.3. The van der Waals surface area contributed by atoms with Crippen LogP contribution in [0.25, 0.3) is 6.08 Å². The van der Waals surface area contributed by atoms with Gasteiger partial charge in [-0.25, -0.2) is 4.98 Å². The fourth-order valence-electron chi connectivity index (χ4n) is 5.48. The van der Waals surface area contributed by atoms with Gasteiger partial charge in [0.05, 0.1) is 6.54 Å². The number of fused-ring (bicyclic) bond motifs is 1. The number of amides is 3. The van der Waals surface area contributed by atoms with Gasteiger partial charge in [-0.3, -0.25) is 19.2 Å². The zero-order chi connectivity index (χ0) is 27.6. The van der Waals surface area contributed by atoms with Crippen molar-refractivity contribution in [2.45, 2.75) is 77.7 Å². The molecule has 3 saturated heterocycles. The number of hydrogen-bond acceptors (Lipinski definition) is 8. The van der Waals surface area contributed by atoms with Gasteiger partial charge in [-0.2, -0.15) is 10.3 Å². The highest BCUT2D eigenvalue weighted by atomic mass is 32.1. The van der Waals surface area contributed by atoms with Gasteiger partial charge in [0.1, 0.15) is 17.1 Å². The highest BCUT2D eigenvalue weighted by Crippen LogP contribution is 2.34. The molecule has 3 amide bonds. The number of carbonyl (C=O) groups is 3. The molecule has 38 heavy (non-hydrogen) atoms. The van der Waals surface area contributed by atoms with Crippen LogP contribution in [-0.4, -0.2) is 93.5 Å². The molecule has 0 aliphatic carbocycles. The zero-order valence-corrected chi connectivity index (χ0v) is 23.7. The van der Waals surface area contributed by atoms with Gasteiger partial charge in [0.2, 0.25) is 5.91 Å². The molecule has 11 heteroatoms. The molecule has 3 fully saturated rings. The number of hydroxylamine groups is 2. The maximum atomic E-state index is 13.9. The van der Waals surface area contributed by atoms with E-state index in [9.17, 15) is 14.4 Å². The van der Waals surface area contributed by atoms with Gasteiger partial charge < -0.3 is 14.7 Å². The highest BCUT2D eigenvalue weighted by Gasteiger charge is 2.53. The Morgan fingerprint density at radius 1 is 1.18 bits per heavy atom. The molecule has 10 nitrogen and oxygen atoms in total. The van der Waals surface area contributed by atoms with Crippen LogP contribution in [-0.2, 0) is 19.2 Å². The largest absolute Gasteiger partial charge is 0.334 e. The minimum absolute atomic E-state index is 0.0298. The summed E-state index contributed by atoms with van der Waals surface area (Å²) >= 11 is 1.27. The first kappa shape index (κ1) is 28.2. The summed E-state index contributed by atoms with van der Waals surface area (Å²) in [5.41, 5.74) is 0.293. The van der Waals surface area contributed by atoms with Crippen LogP contribution in [0.1, 0.15) is 64.1 Å². The standard InChI is InChI=1S/C27H38N6O4S/c1-17(2)12-21-26(35)31(20-8-10-30(5)11-9-20)15-24-32(21)27(36)22(13-18(3)4)37-33(24)25(34)7-6-23-29-19(14-28)16-38-23/h6-7,16-18,20-22,24H,8-13,15H2,1-5H3/b7-6+/t21-,22+,24-/m0/s1. The predicted molar refractivity (Wildman–Crippen MR) is 143 cm³/mol. The van der Waals surface area contributed by atoms with Gasteiger partial charge in [-0.05, 0) is 63.7 Å². The molecule has 1 aromatic rings. The molecule has 0 radical (unpaired) electrons. The third kappa shape index (κ3) is 6.08. The summed E-state index contributed by atoms with van der Waals surface area (Å²) in [7, 11) is 2.08.